The molecule has 0 amide bonds. The number of nitrogens with one attached hydrogen (secondary N) is 2. The van der Waals surface area contributed by atoms with Crippen molar-refractivity contribution in [2.75, 3.05) is 39.0 Å². The van der Waals surface area contributed by atoms with Crippen molar-refractivity contribution in [3.63, 3.8) is 0 Å². The van der Waals surface area contributed by atoms with Gasteiger partial charge in [0.1, 0.15) is 11.6 Å². The molecule has 0 heterocycles. The molecule has 10 heteroatoms. The van der Waals surface area contributed by atoms with Crippen molar-refractivity contribution in [2.24, 2.45) is 4.99 Å². The van der Waals surface area contributed by atoms with Crippen LogP contribution in [-0.4, -0.2) is 57.7 Å². The standard InChI is InChI=1S/C16H26F2N4O2S.HI/c1-4-22(5-2)25(23,24)11-10-21-16(19-3)20-9-8-13-12-14(17)6-7-15(13)18;/h6-7,12H,4-5,8-11H2,1-3H3,(H2,19,20,21);1H. The van der Waals surface area contributed by atoms with Crippen LogP contribution in [-0.2, 0) is 16.4 Å². The third-order valence-electron chi connectivity index (χ3n) is 3.67. The first-order valence-electron chi connectivity index (χ1n) is 8.20. The van der Waals surface area contributed by atoms with Gasteiger partial charge < -0.3 is 10.6 Å². The van der Waals surface area contributed by atoms with Gasteiger partial charge in [0.15, 0.2) is 5.96 Å². The van der Waals surface area contributed by atoms with Gasteiger partial charge in [-0.1, -0.05) is 13.8 Å². The van der Waals surface area contributed by atoms with Crippen LogP contribution in [0.1, 0.15) is 19.4 Å². The Balaban J connectivity index is 0.00000625. The van der Waals surface area contributed by atoms with Gasteiger partial charge in [0, 0.05) is 33.2 Å². The van der Waals surface area contributed by atoms with E-state index in [-0.39, 0.29) is 48.3 Å². The zero-order valence-electron chi connectivity index (χ0n) is 15.3. The topological polar surface area (TPSA) is 73.8 Å². The molecule has 0 saturated heterocycles. The van der Waals surface area contributed by atoms with Crippen LogP contribution in [0.25, 0.3) is 0 Å². The molecular weight excluding hydrogens is 477 g/mol. The SMILES string of the molecule is CCN(CC)S(=O)(=O)CCNC(=NC)NCCc1cc(F)ccc1F.I. The maximum Gasteiger partial charge on any atom is 0.215 e. The number of halogens is 3. The molecule has 0 bridgehead atoms. The van der Waals surface area contributed by atoms with Crippen LogP contribution < -0.4 is 10.6 Å². The van der Waals surface area contributed by atoms with Gasteiger partial charge in [0.2, 0.25) is 10.0 Å². The molecule has 6 nitrogen and oxygen atoms in total. The van der Waals surface area contributed by atoms with E-state index in [1.807, 2.05) is 0 Å². The maximum atomic E-state index is 13.5. The number of hydrogen-bond acceptors (Lipinski definition) is 3. The Kier molecular flexibility index (Phi) is 11.9. The van der Waals surface area contributed by atoms with Gasteiger partial charge in [-0.25, -0.2) is 21.5 Å². The second-order valence-electron chi connectivity index (χ2n) is 5.31. The zero-order chi connectivity index (χ0) is 18.9. The van der Waals surface area contributed by atoms with Crippen molar-refractivity contribution in [1.82, 2.24) is 14.9 Å². The van der Waals surface area contributed by atoms with E-state index in [1.54, 1.807) is 20.9 Å². The van der Waals surface area contributed by atoms with E-state index < -0.39 is 21.7 Å². The number of nitrogens with zero attached hydrogens (tertiary/aromatic N) is 2. The summed E-state index contributed by atoms with van der Waals surface area (Å²) in [7, 11) is -1.75. The molecule has 0 saturated carbocycles. The summed E-state index contributed by atoms with van der Waals surface area (Å²) < 4.78 is 52.2. The lowest BCUT2D eigenvalue weighted by Crippen LogP contribution is -2.42. The van der Waals surface area contributed by atoms with Crippen molar-refractivity contribution >= 4 is 40.0 Å². The molecule has 0 aliphatic carbocycles. The Morgan fingerprint density at radius 2 is 1.77 bits per heavy atom. The van der Waals surface area contributed by atoms with Crippen molar-refractivity contribution in [1.29, 1.82) is 0 Å². The average Bonchev–Trinajstić information content (AvgIpc) is 2.57. The molecule has 0 aromatic heterocycles. The normalized spacial score (nSPS) is 12.0. The van der Waals surface area contributed by atoms with Gasteiger partial charge in [-0.3, -0.25) is 4.99 Å². The monoisotopic (exact) mass is 504 g/mol. The molecule has 0 aliphatic heterocycles. The molecular formula is C16H27F2IN4O2S. The summed E-state index contributed by atoms with van der Waals surface area (Å²) in [6.07, 6.45) is 0.280. The Morgan fingerprint density at radius 3 is 2.35 bits per heavy atom. The van der Waals surface area contributed by atoms with E-state index in [4.69, 9.17) is 0 Å². The molecule has 0 spiro atoms. The summed E-state index contributed by atoms with van der Waals surface area (Å²) >= 11 is 0. The molecule has 0 atom stereocenters. The first-order chi connectivity index (χ1) is 11.8. The summed E-state index contributed by atoms with van der Waals surface area (Å²) in [6.45, 7) is 4.99. The lowest BCUT2D eigenvalue weighted by molar-refractivity contribution is 0.445. The second kappa shape index (κ2) is 12.4. The lowest BCUT2D eigenvalue weighted by Gasteiger charge is -2.19. The molecule has 1 aromatic carbocycles. The lowest BCUT2D eigenvalue weighted by atomic mass is 10.1. The molecule has 150 valence electrons. The summed E-state index contributed by atoms with van der Waals surface area (Å²) in [5.41, 5.74) is 0.270. The second-order valence-corrected chi connectivity index (χ2v) is 7.40. The Morgan fingerprint density at radius 1 is 1.15 bits per heavy atom. The summed E-state index contributed by atoms with van der Waals surface area (Å²) in [5, 5.41) is 5.86. The van der Waals surface area contributed by atoms with Gasteiger partial charge in [0.05, 0.1) is 5.75 Å². The molecule has 0 radical (unpaired) electrons. The van der Waals surface area contributed by atoms with Gasteiger partial charge >= 0.3 is 0 Å². The third kappa shape index (κ3) is 8.12. The van der Waals surface area contributed by atoms with E-state index in [1.165, 1.54) is 4.31 Å². The van der Waals surface area contributed by atoms with E-state index in [2.05, 4.69) is 15.6 Å². The van der Waals surface area contributed by atoms with Crippen LogP contribution in [0.15, 0.2) is 23.2 Å². The Bertz CT molecular complexity index is 683. The van der Waals surface area contributed by atoms with Crippen LogP contribution in [0.5, 0.6) is 0 Å². The van der Waals surface area contributed by atoms with Gasteiger partial charge in [-0.15, -0.1) is 24.0 Å². The molecule has 1 aromatic rings. The largest absolute Gasteiger partial charge is 0.356 e. The highest BCUT2D eigenvalue weighted by Gasteiger charge is 2.18. The molecule has 26 heavy (non-hydrogen) atoms. The highest BCUT2D eigenvalue weighted by molar-refractivity contribution is 14.0. The zero-order valence-corrected chi connectivity index (χ0v) is 18.4. The first-order valence-corrected chi connectivity index (χ1v) is 9.81. The molecule has 0 fully saturated rings. The number of sulfonamides is 1. The number of guanidine groups is 1. The van der Waals surface area contributed by atoms with Crippen LogP contribution in [0.3, 0.4) is 0 Å². The molecule has 0 aliphatic rings. The van der Waals surface area contributed by atoms with E-state index in [0.717, 1.165) is 18.2 Å². The molecule has 1 rings (SSSR count). The fourth-order valence-corrected chi connectivity index (χ4v) is 3.72. The number of rotatable bonds is 9. The Labute approximate surface area is 171 Å². The Hall–Kier alpha value is -1.01. The first kappa shape index (κ1) is 25.0. The van der Waals surface area contributed by atoms with Crippen LogP contribution in [0, 0.1) is 11.6 Å². The smallest absolute Gasteiger partial charge is 0.215 e. The van der Waals surface area contributed by atoms with E-state index in [9.17, 15) is 17.2 Å². The number of benzene rings is 1. The van der Waals surface area contributed by atoms with Crippen molar-refractivity contribution < 1.29 is 17.2 Å². The summed E-state index contributed by atoms with van der Waals surface area (Å²) in [6, 6.07) is 3.32. The number of hydrogen-bond donors (Lipinski definition) is 2. The predicted octanol–water partition coefficient (Wildman–Crippen LogP) is 1.96. The van der Waals surface area contributed by atoms with E-state index in [0.29, 0.717) is 25.6 Å². The third-order valence-corrected chi connectivity index (χ3v) is 5.69. The fraction of sp³-hybridized carbons (Fsp3) is 0.562. The van der Waals surface area contributed by atoms with Gasteiger partial charge in [-0.2, -0.15) is 0 Å². The van der Waals surface area contributed by atoms with Crippen LogP contribution in [0.2, 0.25) is 0 Å². The minimum absolute atomic E-state index is 0. The predicted molar refractivity (Wildman–Crippen MR) is 112 cm³/mol. The summed E-state index contributed by atoms with van der Waals surface area (Å²) in [4.78, 5) is 3.98. The molecule has 2 N–H and O–H groups in total. The minimum Gasteiger partial charge on any atom is -0.356 e. The fourth-order valence-electron chi connectivity index (χ4n) is 2.32. The highest BCUT2D eigenvalue weighted by Crippen LogP contribution is 2.09. The quantitative estimate of drug-likeness (QED) is 0.307. The van der Waals surface area contributed by atoms with Crippen molar-refractivity contribution in [3.05, 3.63) is 35.4 Å². The maximum absolute atomic E-state index is 13.5. The average molecular weight is 504 g/mol. The minimum atomic E-state index is -3.30. The number of aliphatic imine (C=N–C) groups is 1. The highest BCUT2D eigenvalue weighted by atomic mass is 127. The van der Waals surface area contributed by atoms with Crippen LogP contribution in [0.4, 0.5) is 8.78 Å². The summed E-state index contributed by atoms with van der Waals surface area (Å²) in [5.74, 6) is -0.586. The van der Waals surface area contributed by atoms with Crippen molar-refractivity contribution in [3.8, 4) is 0 Å². The van der Waals surface area contributed by atoms with E-state index >= 15 is 0 Å². The van der Waals surface area contributed by atoms with Crippen molar-refractivity contribution in [2.45, 2.75) is 20.3 Å². The molecule has 0 unspecified atom stereocenters. The van der Waals surface area contributed by atoms with Gasteiger partial charge in [-0.05, 0) is 30.2 Å². The van der Waals surface area contributed by atoms with Gasteiger partial charge in [0.25, 0.3) is 0 Å². The van der Waals surface area contributed by atoms with Crippen LogP contribution >= 0.6 is 24.0 Å².